The summed E-state index contributed by atoms with van der Waals surface area (Å²) in [7, 11) is 0. The molecule has 5 heteroatoms. The van der Waals surface area contributed by atoms with E-state index in [2.05, 4.69) is 15.6 Å². The van der Waals surface area contributed by atoms with E-state index in [1.165, 1.54) is 6.92 Å². The van der Waals surface area contributed by atoms with Crippen LogP contribution in [0.2, 0.25) is 0 Å². The van der Waals surface area contributed by atoms with Crippen LogP contribution in [-0.4, -0.2) is 30.5 Å². The molecule has 0 aromatic rings. The maximum atomic E-state index is 10.6. The first-order valence-corrected chi connectivity index (χ1v) is 5.64. The van der Waals surface area contributed by atoms with Crippen molar-refractivity contribution < 1.29 is 4.79 Å². The summed E-state index contributed by atoms with van der Waals surface area (Å²) in [5, 5.41) is 5.82. The number of rotatable bonds is 5. The summed E-state index contributed by atoms with van der Waals surface area (Å²) in [5.74, 6) is 0.490. The minimum absolute atomic E-state index is 0.0115. The van der Waals surface area contributed by atoms with Crippen LogP contribution < -0.4 is 16.4 Å². The number of hydrogen-bond acceptors (Lipinski definition) is 2. The molecule has 4 N–H and O–H groups in total. The molecule has 0 fully saturated rings. The van der Waals surface area contributed by atoms with Crippen molar-refractivity contribution in [3.05, 3.63) is 0 Å². The van der Waals surface area contributed by atoms with Crippen LogP contribution in [0.25, 0.3) is 0 Å². The number of carbonyl (C=O) groups is 1. The van der Waals surface area contributed by atoms with E-state index in [9.17, 15) is 4.79 Å². The zero-order valence-electron chi connectivity index (χ0n) is 10.8. The Hall–Kier alpha value is -1.26. The third kappa shape index (κ3) is 10.8. The predicted octanol–water partition coefficient (Wildman–Crippen LogP) is 0.606. The van der Waals surface area contributed by atoms with Gasteiger partial charge in [0.1, 0.15) is 0 Å². The second-order valence-electron chi connectivity index (χ2n) is 4.83. The van der Waals surface area contributed by atoms with Gasteiger partial charge in [-0.3, -0.25) is 9.79 Å². The van der Waals surface area contributed by atoms with Gasteiger partial charge in [-0.15, -0.1) is 0 Å². The molecule has 0 rings (SSSR count). The van der Waals surface area contributed by atoms with E-state index in [4.69, 9.17) is 5.73 Å². The lowest BCUT2D eigenvalue weighted by molar-refractivity contribution is -0.118. The van der Waals surface area contributed by atoms with Crippen LogP contribution in [-0.2, 0) is 4.79 Å². The number of carbonyl (C=O) groups excluding carboxylic acids is 1. The van der Waals surface area contributed by atoms with Gasteiger partial charge in [-0.25, -0.2) is 0 Å². The van der Waals surface area contributed by atoms with Crippen molar-refractivity contribution in [3.8, 4) is 0 Å². The van der Waals surface area contributed by atoms with E-state index in [0.29, 0.717) is 19.0 Å². The molecule has 0 heterocycles. The summed E-state index contributed by atoms with van der Waals surface area (Å²) in [6.07, 6.45) is 1.85. The van der Waals surface area contributed by atoms with Gasteiger partial charge in [0.15, 0.2) is 5.96 Å². The topological polar surface area (TPSA) is 79.5 Å². The van der Waals surface area contributed by atoms with Gasteiger partial charge in [0.25, 0.3) is 0 Å². The van der Waals surface area contributed by atoms with Gasteiger partial charge in [-0.1, -0.05) is 0 Å². The minimum Gasteiger partial charge on any atom is -0.370 e. The summed E-state index contributed by atoms with van der Waals surface area (Å²) >= 11 is 0. The zero-order chi connectivity index (χ0) is 12.6. The van der Waals surface area contributed by atoms with Gasteiger partial charge in [-0.2, -0.15) is 0 Å². The smallest absolute Gasteiger partial charge is 0.216 e. The number of guanidine groups is 1. The number of amides is 1. The molecule has 0 atom stereocenters. The zero-order valence-corrected chi connectivity index (χ0v) is 10.8. The largest absolute Gasteiger partial charge is 0.370 e. The molecule has 0 aromatic carbocycles. The van der Waals surface area contributed by atoms with Crippen molar-refractivity contribution in [2.75, 3.05) is 13.1 Å². The first-order chi connectivity index (χ1) is 7.31. The fourth-order valence-electron chi connectivity index (χ4n) is 1.12. The highest BCUT2D eigenvalue weighted by Gasteiger charge is 2.09. The molecule has 0 spiro atoms. The van der Waals surface area contributed by atoms with E-state index in [1.807, 2.05) is 20.8 Å². The third-order valence-electron chi connectivity index (χ3n) is 1.74. The molecular formula is C11H24N4O. The lowest BCUT2D eigenvalue weighted by atomic mass is 10.1. The Morgan fingerprint density at radius 2 is 1.94 bits per heavy atom. The Labute approximate surface area is 97.9 Å². The molecule has 1 amide bonds. The molecule has 0 saturated heterocycles. The molecule has 5 nitrogen and oxygen atoms in total. The molecule has 0 radical (unpaired) electrons. The Morgan fingerprint density at radius 3 is 2.44 bits per heavy atom. The average Bonchev–Trinajstić information content (AvgIpc) is 2.07. The Balaban J connectivity index is 3.56. The van der Waals surface area contributed by atoms with Gasteiger partial charge in [0.05, 0.1) is 0 Å². The van der Waals surface area contributed by atoms with Crippen LogP contribution in [0.15, 0.2) is 4.99 Å². The summed E-state index contributed by atoms with van der Waals surface area (Å²) in [6.45, 7) is 9.01. The lowest BCUT2D eigenvalue weighted by Crippen LogP contribution is -2.45. The lowest BCUT2D eigenvalue weighted by Gasteiger charge is -2.20. The van der Waals surface area contributed by atoms with E-state index in [1.54, 1.807) is 0 Å². The fourth-order valence-corrected chi connectivity index (χ4v) is 1.12. The molecule has 0 unspecified atom stereocenters. The molecule has 94 valence electrons. The Morgan fingerprint density at radius 1 is 1.31 bits per heavy atom. The fraction of sp³-hybridized carbons (Fsp3) is 0.818. The summed E-state index contributed by atoms with van der Waals surface area (Å²) in [6, 6.07) is 0. The van der Waals surface area contributed by atoms with Crippen LogP contribution in [0.5, 0.6) is 0 Å². The molecule has 0 aliphatic heterocycles. The van der Waals surface area contributed by atoms with Crippen LogP contribution >= 0.6 is 0 Å². The number of aliphatic imine (C=N–C) groups is 1. The monoisotopic (exact) mass is 228 g/mol. The molecule has 0 aromatic heterocycles. The van der Waals surface area contributed by atoms with Crippen molar-refractivity contribution in [1.82, 2.24) is 10.6 Å². The molecule has 0 saturated carbocycles. The number of nitrogens with zero attached hydrogens (tertiary/aromatic N) is 1. The predicted molar refractivity (Wildman–Crippen MR) is 67.3 cm³/mol. The van der Waals surface area contributed by atoms with Crippen molar-refractivity contribution >= 4 is 11.9 Å². The third-order valence-corrected chi connectivity index (χ3v) is 1.74. The second kappa shape index (κ2) is 7.09. The quantitative estimate of drug-likeness (QED) is 0.366. The first kappa shape index (κ1) is 14.7. The maximum absolute atomic E-state index is 10.6. The number of nitrogens with two attached hydrogens (primary N) is 1. The second-order valence-corrected chi connectivity index (χ2v) is 4.83. The van der Waals surface area contributed by atoms with E-state index in [-0.39, 0.29) is 11.4 Å². The van der Waals surface area contributed by atoms with Crippen LogP contribution in [0.3, 0.4) is 0 Å². The van der Waals surface area contributed by atoms with E-state index in [0.717, 1.165) is 12.8 Å². The molecule has 0 aliphatic rings. The standard InChI is InChI=1S/C11H24N4O/c1-9(16)13-7-5-6-8-14-10(12)15-11(2,3)4/h5-8H2,1-4H3,(H,13,16)(H3,12,14,15). The Kier molecular flexibility index (Phi) is 6.53. The highest BCUT2D eigenvalue weighted by Crippen LogP contribution is 1.97. The van der Waals surface area contributed by atoms with Crippen LogP contribution in [0.4, 0.5) is 0 Å². The van der Waals surface area contributed by atoms with Gasteiger partial charge in [0.2, 0.25) is 5.91 Å². The molecule has 0 bridgehead atoms. The van der Waals surface area contributed by atoms with Crippen molar-refractivity contribution in [1.29, 1.82) is 0 Å². The van der Waals surface area contributed by atoms with E-state index >= 15 is 0 Å². The van der Waals surface area contributed by atoms with Crippen molar-refractivity contribution in [2.45, 2.75) is 46.1 Å². The minimum atomic E-state index is -0.0518. The highest BCUT2D eigenvalue weighted by molar-refractivity contribution is 5.78. The Bertz CT molecular complexity index is 243. The number of nitrogens with one attached hydrogen (secondary N) is 2. The highest BCUT2D eigenvalue weighted by atomic mass is 16.1. The van der Waals surface area contributed by atoms with Gasteiger partial charge in [0, 0.05) is 25.6 Å². The summed E-state index contributed by atoms with van der Waals surface area (Å²) in [5.41, 5.74) is 5.64. The maximum Gasteiger partial charge on any atom is 0.216 e. The summed E-state index contributed by atoms with van der Waals surface area (Å²) < 4.78 is 0. The first-order valence-electron chi connectivity index (χ1n) is 5.64. The number of hydrogen-bond donors (Lipinski definition) is 3. The van der Waals surface area contributed by atoms with Crippen LogP contribution in [0, 0.1) is 0 Å². The molecular weight excluding hydrogens is 204 g/mol. The molecule has 16 heavy (non-hydrogen) atoms. The SMILES string of the molecule is CC(=O)NCCCCN=C(N)NC(C)(C)C. The van der Waals surface area contributed by atoms with Crippen LogP contribution in [0.1, 0.15) is 40.5 Å². The van der Waals surface area contributed by atoms with Crippen molar-refractivity contribution in [2.24, 2.45) is 10.7 Å². The van der Waals surface area contributed by atoms with Gasteiger partial charge < -0.3 is 16.4 Å². The molecule has 0 aliphatic carbocycles. The van der Waals surface area contributed by atoms with Gasteiger partial charge >= 0.3 is 0 Å². The van der Waals surface area contributed by atoms with E-state index < -0.39 is 0 Å². The average molecular weight is 228 g/mol. The van der Waals surface area contributed by atoms with Gasteiger partial charge in [-0.05, 0) is 33.6 Å². The van der Waals surface area contributed by atoms with Crippen molar-refractivity contribution in [3.63, 3.8) is 0 Å². The summed E-state index contributed by atoms with van der Waals surface area (Å²) in [4.78, 5) is 14.8. The normalized spacial score (nSPS) is 12.4. The number of unbranched alkanes of at least 4 members (excludes halogenated alkanes) is 1.